The molecular formula is C21H27N3O3. The number of benzene rings is 1. The number of carbonyl (C=O) groups is 1. The maximum Gasteiger partial charge on any atom is 0.222 e. The van der Waals surface area contributed by atoms with Gasteiger partial charge in [-0.3, -0.25) is 14.7 Å². The second kappa shape index (κ2) is 9.37. The van der Waals surface area contributed by atoms with Crippen LogP contribution in [-0.4, -0.2) is 61.1 Å². The van der Waals surface area contributed by atoms with Gasteiger partial charge in [0, 0.05) is 57.6 Å². The maximum atomic E-state index is 12.6. The molecule has 1 fully saturated rings. The predicted octanol–water partition coefficient (Wildman–Crippen LogP) is 2.38. The Morgan fingerprint density at radius 2 is 1.74 bits per heavy atom. The molecule has 0 saturated carbocycles. The van der Waals surface area contributed by atoms with Crippen LogP contribution in [0.1, 0.15) is 17.5 Å². The fraction of sp³-hybridized carbons (Fsp3) is 0.429. The number of piperazine rings is 1. The highest BCUT2D eigenvalue weighted by atomic mass is 16.5. The van der Waals surface area contributed by atoms with Crippen molar-refractivity contribution >= 4 is 5.91 Å². The van der Waals surface area contributed by atoms with Crippen molar-refractivity contribution in [3.05, 3.63) is 53.9 Å². The van der Waals surface area contributed by atoms with E-state index in [0.29, 0.717) is 12.8 Å². The quantitative estimate of drug-likeness (QED) is 0.750. The van der Waals surface area contributed by atoms with Crippen LogP contribution in [-0.2, 0) is 17.8 Å². The number of amides is 1. The van der Waals surface area contributed by atoms with E-state index in [9.17, 15) is 4.79 Å². The van der Waals surface area contributed by atoms with Gasteiger partial charge in [-0.2, -0.15) is 0 Å². The molecule has 0 atom stereocenters. The zero-order chi connectivity index (χ0) is 19.1. The average Bonchev–Trinajstić information content (AvgIpc) is 2.73. The summed E-state index contributed by atoms with van der Waals surface area (Å²) >= 11 is 0. The largest absolute Gasteiger partial charge is 0.497 e. The lowest BCUT2D eigenvalue weighted by atomic mass is 10.1. The Bertz CT molecular complexity index is 721. The van der Waals surface area contributed by atoms with Gasteiger partial charge in [-0.25, -0.2) is 0 Å². The fourth-order valence-electron chi connectivity index (χ4n) is 3.33. The summed E-state index contributed by atoms with van der Waals surface area (Å²) in [5.74, 6) is 1.71. The molecule has 0 unspecified atom stereocenters. The van der Waals surface area contributed by atoms with Crippen molar-refractivity contribution in [2.45, 2.75) is 19.4 Å². The van der Waals surface area contributed by atoms with Crippen LogP contribution in [0.15, 0.2) is 42.7 Å². The molecule has 3 rings (SSSR count). The minimum Gasteiger partial charge on any atom is -0.497 e. The Labute approximate surface area is 160 Å². The molecule has 1 saturated heterocycles. The molecule has 0 radical (unpaired) electrons. The summed E-state index contributed by atoms with van der Waals surface area (Å²) in [4.78, 5) is 21.1. The number of hydrogen-bond donors (Lipinski definition) is 0. The summed E-state index contributed by atoms with van der Waals surface area (Å²) in [7, 11) is 3.27. The highest BCUT2D eigenvalue weighted by Crippen LogP contribution is 2.23. The van der Waals surface area contributed by atoms with Gasteiger partial charge in [0.15, 0.2) is 0 Å². The number of rotatable bonds is 7. The molecule has 6 heteroatoms. The summed E-state index contributed by atoms with van der Waals surface area (Å²) in [5.41, 5.74) is 2.26. The number of aromatic nitrogens is 1. The maximum absolute atomic E-state index is 12.6. The molecule has 0 N–H and O–H groups in total. The first-order valence-electron chi connectivity index (χ1n) is 9.29. The van der Waals surface area contributed by atoms with Crippen molar-refractivity contribution in [3.63, 3.8) is 0 Å². The van der Waals surface area contributed by atoms with Crippen LogP contribution in [0.2, 0.25) is 0 Å². The van der Waals surface area contributed by atoms with E-state index in [1.165, 1.54) is 5.56 Å². The van der Waals surface area contributed by atoms with Crippen molar-refractivity contribution in [1.29, 1.82) is 0 Å². The molecule has 1 aliphatic rings. The topological polar surface area (TPSA) is 54.9 Å². The SMILES string of the molecule is COc1cc(CCC(=O)N2CCN(Cc3cccnc3)CC2)cc(OC)c1. The molecule has 1 aromatic carbocycles. The number of aryl methyl sites for hydroxylation is 1. The van der Waals surface area contributed by atoms with Crippen LogP contribution in [0, 0.1) is 0 Å². The summed E-state index contributed by atoms with van der Waals surface area (Å²) in [6.07, 6.45) is 4.87. The fourth-order valence-corrected chi connectivity index (χ4v) is 3.33. The molecule has 27 heavy (non-hydrogen) atoms. The molecule has 1 aromatic heterocycles. The van der Waals surface area contributed by atoms with Crippen molar-refractivity contribution in [2.24, 2.45) is 0 Å². The Morgan fingerprint density at radius 3 is 2.33 bits per heavy atom. The normalized spacial score (nSPS) is 14.8. The van der Waals surface area contributed by atoms with Crippen molar-refractivity contribution in [2.75, 3.05) is 40.4 Å². The van der Waals surface area contributed by atoms with Gasteiger partial charge in [0.2, 0.25) is 5.91 Å². The van der Waals surface area contributed by atoms with E-state index in [4.69, 9.17) is 9.47 Å². The van der Waals surface area contributed by atoms with Crippen LogP contribution in [0.25, 0.3) is 0 Å². The highest BCUT2D eigenvalue weighted by molar-refractivity contribution is 5.76. The minimum atomic E-state index is 0.206. The van der Waals surface area contributed by atoms with E-state index in [0.717, 1.165) is 49.8 Å². The third kappa shape index (κ3) is 5.44. The summed E-state index contributed by atoms with van der Waals surface area (Å²) < 4.78 is 10.6. The monoisotopic (exact) mass is 369 g/mol. The van der Waals surface area contributed by atoms with E-state index in [1.54, 1.807) is 20.4 Å². The van der Waals surface area contributed by atoms with Gasteiger partial charge in [0.1, 0.15) is 11.5 Å². The van der Waals surface area contributed by atoms with Crippen LogP contribution < -0.4 is 9.47 Å². The lowest BCUT2D eigenvalue weighted by Gasteiger charge is -2.34. The molecule has 6 nitrogen and oxygen atoms in total. The molecule has 1 aliphatic heterocycles. The van der Waals surface area contributed by atoms with Crippen LogP contribution in [0.3, 0.4) is 0 Å². The number of carbonyl (C=O) groups excluding carboxylic acids is 1. The molecule has 2 aromatic rings. The molecule has 1 amide bonds. The van der Waals surface area contributed by atoms with E-state index < -0.39 is 0 Å². The molecule has 0 aliphatic carbocycles. The minimum absolute atomic E-state index is 0.206. The zero-order valence-corrected chi connectivity index (χ0v) is 16.1. The van der Waals surface area contributed by atoms with Gasteiger partial charge in [0.05, 0.1) is 14.2 Å². The summed E-state index contributed by atoms with van der Waals surface area (Å²) in [6, 6.07) is 9.81. The van der Waals surface area contributed by atoms with Crippen LogP contribution in [0.4, 0.5) is 0 Å². The van der Waals surface area contributed by atoms with E-state index >= 15 is 0 Å². The smallest absolute Gasteiger partial charge is 0.222 e. The van der Waals surface area contributed by atoms with E-state index in [2.05, 4.69) is 16.0 Å². The van der Waals surface area contributed by atoms with Crippen molar-refractivity contribution in [1.82, 2.24) is 14.8 Å². The molecular weight excluding hydrogens is 342 g/mol. The van der Waals surface area contributed by atoms with Crippen LogP contribution >= 0.6 is 0 Å². The third-order valence-corrected chi connectivity index (χ3v) is 4.89. The van der Waals surface area contributed by atoms with Gasteiger partial charge in [0.25, 0.3) is 0 Å². The Kier molecular flexibility index (Phi) is 6.65. The zero-order valence-electron chi connectivity index (χ0n) is 16.1. The summed E-state index contributed by atoms with van der Waals surface area (Å²) in [5, 5.41) is 0. The van der Waals surface area contributed by atoms with Crippen molar-refractivity contribution < 1.29 is 14.3 Å². The van der Waals surface area contributed by atoms with Crippen LogP contribution in [0.5, 0.6) is 11.5 Å². The standard InChI is InChI=1S/C21H27N3O3/c1-26-19-12-17(13-20(14-19)27-2)5-6-21(25)24-10-8-23(9-11-24)16-18-4-3-7-22-15-18/h3-4,7,12-15H,5-6,8-11,16H2,1-2H3. The van der Waals surface area contributed by atoms with Gasteiger partial charge >= 0.3 is 0 Å². The van der Waals surface area contributed by atoms with Crippen molar-refractivity contribution in [3.8, 4) is 11.5 Å². The number of ether oxygens (including phenoxy) is 2. The molecule has 0 bridgehead atoms. The van der Waals surface area contributed by atoms with Gasteiger partial charge < -0.3 is 14.4 Å². The highest BCUT2D eigenvalue weighted by Gasteiger charge is 2.21. The molecule has 0 spiro atoms. The second-order valence-electron chi connectivity index (χ2n) is 6.74. The van der Waals surface area contributed by atoms with E-state index in [1.807, 2.05) is 35.4 Å². The lowest BCUT2D eigenvalue weighted by molar-refractivity contribution is -0.133. The summed E-state index contributed by atoms with van der Waals surface area (Å²) in [6.45, 7) is 4.24. The first kappa shape index (κ1) is 19.2. The Hall–Kier alpha value is -2.60. The predicted molar refractivity (Wildman–Crippen MR) is 104 cm³/mol. The molecule has 2 heterocycles. The van der Waals surface area contributed by atoms with Gasteiger partial charge in [-0.1, -0.05) is 6.07 Å². The first-order chi connectivity index (χ1) is 13.2. The number of nitrogens with zero attached hydrogens (tertiary/aromatic N) is 3. The third-order valence-electron chi connectivity index (χ3n) is 4.89. The van der Waals surface area contributed by atoms with Gasteiger partial charge in [-0.15, -0.1) is 0 Å². The van der Waals surface area contributed by atoms with E-state index in [-0.39, 0.29) is 5.91 Å². The Morgan fingerprint density at radius 1 is 1.04 bits per heavy atom. The number of hydrogen-bond acceptors (Lipinski definition) is 5. The Balaban J connectivity index is 1.47. The number of pyridine rings is 1. The second-order valence-corrected chi connectivity index (χ2v) is 6.74. The molecule has 144 valence electrons. The lowest BCUT2D eigenvalue weighted by Crippen LogP contribution is -2.48. The number of methoxy groups -OCH3 is 2. The van der Waals surface area contributed by atoms with Gasteiger partial charge in [-0.05, 0) is 35.7 Å². The average molecular weight is 369 g/mol. The first-order valence-corrected chi connectivity index (χ1v) is 9.29.